The molecule has 0 saturated heterocycles. The molecule has 1 aliphatic rings. The van der Waals surface area contributed by atoms with Crippen LogP contribution in [-0.4, -0.2) is 22.8 Å². The predicted molar refractivity (Wildman–Crippen MR) is 139 cm³/mol. The normalized spacial score (nSPS) is 15.5. The molecule has 0 fully saturated rings. The number of carbonyl (C=O) groups is 3. The van der Waals surface area contributed by atoms with E-state index < -0.39 is 29.5 Å². The Labute approximate surface area is 217 Å². The van der Waals surface area contributed by atoms with Gasteiger partial charge in [0.25, 0.3) is 5.91 Å². The fraction of sp³-hybridized carbons (Fsp3) is 0.138. The van der Waals surface area contributed by atoms with Crippen LogP contribution in [-0.2, 0) is 16.0 Å². The zero-order valence-electron chi connectivity index (χ0n) is 20.0. The van der Waals surface area contributed by atoms with Crippen molar-refractivity contribution in [2.45, 2.75) is 26.3 Å². The number of aliphatic hydroxyl groups is 1. The largest absolute Gasteiger partial charge is 0.503 e. The topological polar surface area (TPSA) is 97.1 Å². The lowest BCUT2D eigenvalue weighted by atomic mass is 9.94. The molecule has 8 heteroatoms. The molecule has 3 aromatic carbocycles. The minimum absolute atomic E-state index is 0.0312. The molecule has 1 atom stereocenters. The van der Waals surface area contributed by atoms with E-state index in [4.69, 9.17) is 20.8 Å². The van der Waals surface area contributed by atoms with E-state index in [1.165, 1.54) is 17.9 Å². The standard InChI is InChI=1S/C29H22ClNO6/c1-3-17-4-9-21(10-5-17)31-26(18-6-11-22(12-7-18)36-16(2)32)25(28(34)29(31)35)27(33)24-15-19-14-20(30)8-13-23(19)37-24/h4-15,26,34H,3H2,1-2H3. The lowest BCUT2D eigenvalue weighted by Crippen LogP contribution is -2.31. The molecule has 4 aromatic rings. The molecule has 7 nitrogen and oxygen atoms in total. The van der Waals surface area contributed by atoms with Gasteiger partial charge in [0.1, 0.15) is 11.3 Å². The third kappa shape index (κ3) is 4.49. The molecule has 1 N–H and O–H groups in total. The van der Waals surface area contributed by atoms with E-state index in [2.05, 4.69) is 0 Å². The van der Waals surface area contributed by atoms with Gasteiger partial charge in [-0.15, -0.1) is 0 Å². The van der Waals surface area contributed by atoms with Gasteiger partial charge in [0.05, 0.1) is 11.6 Å². The molecule has 1 aromatic heterocycles. The van der Waals surface area contributed by atoms with Gasteiger partial charge in [-0.05, 0) is 66.1 Å². The highest BCUT2D eigenvalue weighted by Gasteiger charge is 2.45. The van der Waals surface area contributed by atoms with Crippen LogP contribution in [0.3, 0.4) is 0 Å². The fourth-order valence-corrected chi connectivity index (χ4v) is 4.63. The minimum atomic E-state index is -0.948. The molecule has 186 valence electrons. The number of ether oxygens (including phenoxy) is 1. The Balaban J connectivity index is 1.62. The average molecular weight is 516 g/mol. The Morgan fingerprint density at radius 1 is 1.03 bits per heavy atom. The van der Waals surface area contributed by atoms with Gasteiger partial charge >= 0.3 is 5.97 Å². The summed E-state index contributed by atoms with van der Waals surface area (Å²) < 4.78 is 10.9. The zero-order valence-corrected chi connectivity index (χ0v) is 20.8. The second-order valence-electron chi connectivity index (χ2n) is 8.64. The van der Waals surface area contributed by atoms with E-state index in [-0.39, 0.29) is 11.3 Å². The number of furan rings is 1. The first-order chi connectivity index (χ1) is 17.8. The van der Waals surface area contributed by atoms with E-state index in [0.717, 1.165) is 12.0 Å². The van der Waals surface area contributed by atoms with Gasteiger partial charge in [-0.2, -0.15) is 0 Å². The molecular weight excluding hydrogens is 494 g/mol. The SMILES string of the molecule is CCc1ccc(N2C(=O)C(O)=C(C(=O)c3cc4cc(Cl)ccc4o3)C2c2ccc(OC(C)=O)cc2)cc1. The van der Waals surface area contributed by atoms with E-state index >= 15 is 0 Å². The van der Waals surface area contributed by atoms with Crippen molar-refractivity contribution in [2.24, 2.45) is 0 Å². The second kappa shape index (κ2) is 9.59. The van der Waals surface area contributed by atoms with Crippen molar-refractivity contribution in [3.05, 3.63) is 106 Å². The highest BCUT2D eigenvalue weighted by atomic mass is 35.5. The highest BCUT2D eigenvalue weighted by molar-refractivity contribution is 6.31. The summed E-state index contributed by atoms with van der Waals surface area (Å²) in [5.41, 5.74) is 2.46. The van der Waals surface area contributed by atoms with E-state index in [1.807, 2.05) is 19.1 Å². The molecule has 5 rings (SSSR count). The number of benzene rings is 3. The lowest BCUT2D eigenvalue weighted by Gasteiger charge is -2.27. The van der Waals surface area contributed by atoms with Gasteiger partial charge in [0, 0.05) is 23.0 Å². The molecular formula is C29H22ClNO6. The summed E-state index contributed by atoms with van der Waals surface area (Å²) in [6.07, 6.45) is 0.818. The van der Waals surface area contributed by atoms with Crippen LogP contribution in [0.5, 0.6) is 5.75 Å². The number of hydrogen-bond donors (Lipinski definition) is 1. The van der Waals surface area contributed by atoms with Crippen LogP contribution in [0.2, 0.25) is 5.02 Å². The first kappa shape index (κ1) is 24.3. The van der Waals surface area contributed by atoms with Gasteiger partial charge in [0.15, 0.2) is 11.5 Å². The van der Waals surface area contributed by atoms with Crippen molar-refractivity contribution >= 4 is 45.9 Å². The van der Waals surface area contributed by atoms with Crippen LogP contribution in [0.1, 0.15) is 41.6 Å². The highest BCUT2D eigenvalue weighted by Crippen LogP contribution is 2.42. The molecule has 0 saturated carbocycles. The van der Waals surface area contributed by atoms with Crippen LogP contribution in [0.4, 0.5) is 5.69 Å². The number of Topliss-reactive ketones (excluding diaryl/α,β-unsaturated/α-hetero) is 1. The Morgan fingerprint density at radius 2 is 1.73 bits per heavy atom. The first-order valence-electron chi connectivity index (χ1n) is 11.6. The molecule has 0 radical (unpaired) electrons. The molecule has 1 unspecified atom stereocenters. The van der Waals surface area contributed by atoms with E-state index in [0.29, 0.717) is 33.0 Å². The minimum Gasteiger partial charge on any atom is -0.503 e. The number of esters is 1. The Kier molecular flexibility index (Phi) is 6.31. The van der Waals surface area contributed by atoms with Gasteiger partial charge in [-0.3, -0.25) is 19.3 Å². The molecule has 0 aliphatic carbocycles. The van der Waals surface area contributed by atoms with Crippen molar-refractivity contribution in [3.63, 3.8) is 0 Å². The van der Waals surface area contributed by atoms with Crippen LogP contribution in [0, 0.1) is 0 Å². The smallest absolute Gasteiger partial charge is 0.308 e. The van der Waals surface area contributed by atoms with Crippen molar-refractivity contribution in [3.8, 4) is 5.75 Å². The second-order valence-corrected chi connectivity index (χ2v) is 9.08. The van der Waals surface area contributed by atoms with Crippen LogP contribution in [0.15, 0.2) is 88.5 Å². The predicted octanol–water partition coefficient (Wildman–Crippen LogP) is 6.36. The van der Waals surface area contributed by atoms with Crippen molar-refractivity contribution in [1.29, 1.82) is 0 Å². The van der Waals surface area contributed by atoms with Gasteiger partial charge < -0.3 is 14.3 Å². The number of amides is 1. The summed E-state index contributed by atoms with van der Waals surface area (Å²) in [5, 5.41) is 12.1. The number of aliphatic hydroxyl groups excluding tert-OH is 1. The summed E-state index contributed by atoms with van der Waals surface area (Å²) in [6.45, 7) is 3.32. The summed E-state index contributed by atoms with van der Waals surface area (Å²) >= 11 is 6.07. The maximum absolute atomic E-state index is 13.7. The molecule has 2 heterocycles. The molecule has 1 amide bonds. The number of fused-ring (bicyclic) bond motifs is 1. The number of ketones is 1. The maximum atomic E-state index is 13.7. The number of hydrogen-bond acceptors (Lipinski definition) is 6. The maximum Gasteiger partial charge on any atom is 0.308 e. The van der Waals surface area contributed by atoms with Crippen molar-refractivity contribution < 1.29 is 28.6 Å². The van der Waals surface area contributed by atoms with Gasteiger partial charge in [0.2, 0.25) is 5.78 Å². The first-order valence-corrected chi connectivity index (χ1v) is 12.0. The summed E-state index contributed by atoms with van der Waals surface area (Å²) in [7, 11) is 0. The molecule has 37 heavy (non-hydrogen) atoms. The molecule has 1 aliphatic heterocycles. The Hall–Kier alpha value is -4.36. The number of nitrogens with zero attached hydrogens (tertiary/aromatic N) is 1. The number of aryl methyl sites for hydroxylation is 1. The average Bonchev–Trinajstić information content (AvgIpc) is 3.42. The summed E-state index contributed by atoms with van der Waals surface area (Å²) in [6, 6.07) is 19.3. The van der Waals surface area contributed by atoms with Crippen LogP contribution < -0.4 is 9.64 Å². The number of rotatable bonds is 6. The third-order valence-corrected chi connectivity index (χ3v) is 6.47. The number of carbonyl (C=O) groups excluding carboxylic acids is 3. The van der Waals surface area contributed by atoms with Crippen LogP contribution >= 0.6 is 11.6 Å². The number of halogens is 1. The number of anilines is 1. The fourth-order valence-electron chi connectivity index (χ4n) is 4.45. The lowest BCUT2D eigenvalue weighted by molar-refractivity contribution is -0.131. The summed E-state index contributed by atoms with van der Waals surface area (Å²) in [4.78, 5) is 39.8. The van der Waals surface area contributed by atoms with E-state index in [9.17, 15) is 19.5 Å². The molecule has 0 bridgehead atoms. The zero-order chi connectivity index (χ0) is 26.3. The quantitative estimate of drug-likeness (QED) is 0.182. The van der Waals surface area contributed by atoms with Crippen molar-refractivity contribution in [2.75, 3.05) is 4.90 Å². The Bertz CT molecular complexity index is 1570. The van der Waals surface area contributed by atoms with Crippen LogP contribution in [0.25, 0.3) is 11.0 Å². The Morgan fingerprint density at radius 3 is 2.38 bits per heavy atom. The monoisotopic (exact) mass is 515 g/mol. The summed E-state index contributed by atoms with van der Waals surface area (Å²) in [5.74, 6) is -2.18. The van der Waals surface area contributed by atoms with Gasteiger partial charge in [-0.25, -0.2) is 0 Å². The molecule has 0 spiro atoms. The van der Waals surface area contributed by atoms with Gasteiger partial charge in [-0.1, -0.05) is 42.8 Å². The van der Waals surface area contributed by atoms with E-state index in [1.54, 1.807) is 54.6 Å². The third-order valence-electron chi connectivity index (χ3n) is 6.24. The van der Waals surface area contributed by atoms with Crippen molar-refractivity contribution in [1.82, 2.24) is 0 Å².